The molecule has 20 heavy (non-hydrogen) atoms. The van der Waals surface area contributed by atoms with Gasteiger partial charge in [0.25, 0.3) is 0 Å². The number of aliphatic hydroxyl groups is 1. The smallest absolute Gasteiger partial charge is 0.142 e. The van der Waals surface area contributed by atoms with E-state index in [4.69, 9.17) is 23.2 Å². The Kier molecular flexibility index (Phi) is 6.26. The fourth-order valence-corrected chi connectivity index (χ4v) is 2.92. The zero-order valence-electron chi connectivity index (χ0n) is 12.3. The predicted molar refractivity (Wildman–Crippen MR) is 82.9 cm³/mol. The maximum Gasteiger partial charge on any atom is 0.142 e. The van der Waals surface area contributed by atoms with Gasteiger partial charge in [0, 0.05) is 29.3 Å². The van der Waals surface area contributed by atoms with E-state index in [-0.39, 0.29) is 29.1 Å². The molecule has 2 atom stereocenters. The van der Waals surface area contributed by atoms with Crippen LogP contribution in [0.25, 0.3) is 0 Å². The van der Waals surface area contributed by atoms with Crippen molar-refractivity contribution in [2.75, 3.05) is 6.61 Å². The van der Waals surface area contributed by atoms with Crippen LogP contribution >= 0.6 is 23.2 Å². The van der Waals surface area contributed by atoms with Crippen LogP contribution in [-0.2, 0) is 0 Å². The van der Waals surface area contributed by atoms with Crippen molar-refractivity contribution in [1.82, 2.24) is 5.32 Å². The summed E-state index contributed by atoms with van der Waals surface area (Å²) in [6, 6.07) is 2.63. The molecular formula is C15H22Cl2FNO. The Bertz CT molecular complexity index is 460. The molecule has 0 aliphatic carbocycles. The first-order valence-electron chi connectivity index (χ1n) is 6.68. The minimum absolute atomic E-state index is 0.0384. The number of hydrogen-bond acceptors (Lipinski definition) is 2. The van der Waals surface area contributed by atoms with Gasteiger partial charge in [-0.1, -0.05) is 44.0 Å². The van der Waals surface area contributed by atoms with Gasteiger partial charge >= 0.3 is 0 Å². The first-order chi connectivity index (χ1) is 9.18. The molecule has 2 nitrogen and oxygen atoms in total. The van der Waals surface area contributed by atoms with Crippen LogP contribution in [0.5, 0.6) is 0 Å². The van der Waals surface area contributed by atoms with Gasteiger partial charge in [-0.25, -0.2) is 4.39 Å². The van der Waals surface area contributed by atoms with Crippen molar-refractivity contribution in [2.45, 2.75) is 46.2 Å². The van der Waals surface area contributed by atoms with E-state index in [9.17, 15) is 9.50 Å². The van der Waals surface area contributed by atoms with E-state index in [2.05, 4.69) is 26.1 Å². The van der Waals surface area contributed by atoms with E-state index in [0.717, 1.165) is 0 Å². The summed E-state index contributed by atoms with van der Waals surface area (Å²) in [5.74, 6) is -0.478. The van der Waals surface area contributed by atoms with Gasteiger partial charge in [0.2, 0.25) is 0 Å². The molecule has 0 saturated heterocycles. The second kappa shape index (κ2) is 7.08. The molecule has 0 radical (unpaired) electrons. The van der Waals surface area contributed by atoms with Crippen molar-refractivity contribution in [3.63, 3.8) is 0 Å². The quantitative estimate of drug-likeness (QED) is 0.778. The van der Waals surface area contributed by atoms with Gasteiger partial charge in [-0.3, -0.25) is 0 Å². The fourth-order valence-electron chi connectivity index (χ4n) is 2.22. The number of benzene rings is 1. The average molecular weight is 322 g/mol. The van der Waals surface area contributed by atoms with Gasteiger partial charge in [0.05, 0.1) is 5.02 Å². The van der Waals surface area contributed by atoms with Crippen molar-refractivity contribution in [3.05, 3.63) is 33.6 Å². The van der Waals surface area contributed by atoms with E-state index >= 15 is 0 Å². The highest BCUT2D eigenvalue weighted by Crippen LogP contribution is 2.34. The minimum atomic E-state index is -0.478. The standard InChI is InChI=1S/C15H22Cl2FNO/c1-9(19-12(7-8-20)15(2,3)4)13-10(16)5-6-11(18)14(13)17/h5-6,9,12,19-20H,7-8H2,1-4H3. The Morgan fingerprint density at radius 3 is 2.40 bits per heavy atom. The maximum atomic E-state index is 13.6. The van der Waals surface area contributed by atoms with Gasteiger partial charge in [-0.2, -0.15) is 0 Å². The predicted octanol–water partition coefficient (Wildman–Crippen LogP) is 4.58. The third kappa shape index (κ3) is 4.32. The summed E-state index contributed by atoms with van der Waals surface area (Å²) < 4.78 is 13.6. The molecule has 0 fully saturated rings. The highest BCUT2D eigenvalue weighted by atomic mass is 35.5. The number of halogens is 3. The Labute approximate surface area is 130 Å². The van der Waals surface area contributed by atoms with Crippen LogP contribution in [0.3, 0.4) is 0 Å². The highest BCUT2D eigenvalue weighted by Gasteiger charge is 2.27. The summed E-state index contributed by atoms with van der Waals surface area (Å²) in [6.07, 6.45) is 0.610. The second-order valence-corrected chi connectivity index (χ2v) is 6.86. The van der Waals surface area contributed by atoms with Crippen LogP contribution in [0, 0.1) is 11.2 Å². The first kappa shape index (κ1) is 17.7. The van der Waals surface area contributed by atoms with Crippen molar-refractivity contribution in [2.24, 2.45) is 5.41 Å². The van der Waals surface area contributed by atoms with E-state index in [1.807, 2.05) is 6.92 Å². The largest absolute Gasteiger partial charge is 0.396 e. The molecular weight excluding hydrogens is 300 g/mol. The Hall–Kier alpha value is -0.350. The van der Waals surface area contributed by atoms with E-state index in [0.29, 0.717) is 17.0 Å². The summed E-state index contributed by atoms with van der Waals surface area (Å²) in [7, 11) is 0. The molecule has 0 heterocycles. The lowest BCUT2D eigenvalue weighted by Gasteiger charge is -2.34. The monoisotopic (exact) mass is 321 g/mol. The lowest BCUT2D eigenvalue weighted by Crippen LogP contribution is -2.42. The van der Waals surface area contributed by atoms with Crippen molar-refractivity contribution >= 4 is 23.2 Å². The molecule has 5 heteroatoms. The molecule has 0 aromatic heterocycles. The number of nitrogens with one attached hydrogen (secondary N) is 1. The van der Waals surface area contributed by atoms with Gasteiger partial charge in [-0.15, -0.1) is 0 Å². The first-order valence-corrected chi connectivity index (χ1v) is 7.44. The van der Waals surface area contributed by atoms with Gasteiger partial charge in [0.15, 0.2) is 0 Å². The van der Waals surface area contributed by atoms with Crippen LogP contribution in [0.1, 0.15) is 45.7 Å². The summed E-state index contributed by atoms with van der Waals surface area (Å²) in [6.45, 7) is 8.24. The summed E-state index contributed by atoms with van der Waals surface area (Å²) in [5, 5.41) is 13.1. The average Bonchev–Trinajstić information content (AvgIpc) is 2.33. The SMILES string of the molecule is CC(NC(CCO)C(C)(C)C)c1c(Cl)ccc(F)c1Cl. The number of rotatable bonds is 5. The normalized spacial score (nSPS) is 15.2. The Morgan fingerprint density at radius 2 is 1.90 bits per heavy atom. The summed E-state index contributed by atoms with van der Waals surface area (Å²) >= 11 is 12.1. The van der Waals surface area contributed by atoms with Crippen LogP contribution in [0.2, 0.25) is 10.0 Å². The third-order valence-electron chi connectivity index (χ3n) is 3.43. The summed E-state index contributed by atoms with van der Waals surface area (Å²) in [4.78, 5) is 0. The van der Waals surface area contributed by atoms with E-state index in [1.165, 1.54) is 12.1 Å². The third-order valence-corrected chi connectivity index (χ3v) is 4.14. The molecule has 1 aromatic rings. The van der Waals surface area contributed by atoms with Crippen molar-refractivity contribution in [3.8, 4) is 0 Å². The number of hydrogen-bond donors (Lipinski definition) is 2. The Balaban J connectivity index is 3.01. The highest BCUT2D eigenvalue weighted by molar-refractivity contribution is 6.36. The fraction of sp³-hybridized carbons (Fsp3) is 0.600. The molecule has 2 N–H and O–H groups in total. The molecule has 2 unspecified atom stereocenters. The summed E-state index contributed by atoms with van der Waals surface area (Å²) in [5.41, 5.74) is 0.518. The van der Waals surface area contributed by atoms with Crippen LogP contribution in [0.4, 0.5) is 4.39 Å². The van der Waals surface area contributed by atoms with Crippen molar-refractivity contribution < 1.29 is 9.50 Å². The lowest BCUT2D eigenvalue weighted by atomic mass is 9.84. The molecule has 0 amide bonds. The maximum absolute atomic E-state index is 13.6. The zero-order valence-corrected chi connectivity index (χ0v) is 13.8. The molecule has 1 aromatic carbocycles. The van der Waals surface area contributed by atoms with Crippen LogP contribution in [0.15, 0.2) is 12.1 Å². The molecule has 0 aliphatic heterocycles. The van der Waals surface area contributed by atoms with Crippen molar-refractivity contribution in [1.29, 1.82) is 0 Å². The zero-order chi connectivity index (χ0) is 15.5. The molecule has 0 saturated carbocycles. The second-order valence-electron chi connectivity index (χ2n) is 6.08. The van der Waals surface area contributed by atoms with E-state index in [1.54, 1.807) is 0 Å². The van der Waals surface area contributed by atoms with Gasteiger partial charge in [0.1, 0.15) is 5.82 Å². The van der Waals surface area contributed by atoms with Gasteiger partial charge in [-0.05, 0) is 30.9 Å². The molecule has 114 valence electrons. The van der Waals surface area contributed by atoms with Crippen LogP contribution < -0.4 is 5.32 Å². The topological polar surface area (TPSA) is 32.3 Å². The number of aliphatic hydroxyl groups excluding tert-OH is 1. The molecule has 0 aliphatic rings. The van der Waals surface area contributed by atoms with Crippen LogP contribution in [-0.4, -0.2) is 17.8 Å². The van der Waals surface area contributed by atoms with E-state index < -0.39 is 5.82 Å². The Morgan fingerprint density at radius 1 is 1.30 bits per heavy atom. The molecule has 0 spiro atoms. The lowest BCUT2D eigenvalue weighted by molar-refractivity contribution is 0.188. The molecule has 1 rings (SSSR count). The van der Waals surface area contributed by atoms with Gasteiger partial charge < -0.3 is 10.4 Å². The molecule has 0 bridgehead atoms. The minimum Gasteiger partial charge on any atom is -0.396 e.